The van der Waals surface area contributed by atoms with E-state index in [1.54, 1.807) is 7.11 Å². The molecule has 0 radical (unpaired) electrons. The van der Waals surface area contributed by atoms with Gasteiger partial charge >= 0.3 is 0 Å². The third-order valence-corrected chi connectivity index (χ3v) is 4.13. The Morgan fingerprint density at radius 3 is 2.79 bits per heavy atom. The van der Waals surface area contributed by atoms with Gasteiger partial charge < -0.3 is 19.5 Å². The fourth-order valence-corrected chi connectivity index (χ4v) is 2.88. The van der Waals surface area contributed by atoms with Gasteiger partial charge in [0.15, 0.2) is 16.8 Å². The molecule has 1 aliphatic rings. The third-order valence-electron chi connectivity index (χ3n) is 3.85. The van der Waals surface area contributed by atoms with Crippen LogP contribution in [-0.2, 0) is 17.9 Å². The highest BCUT2D eigenvalue weighted by atomic mass is 35.5. The van der Waals surface area contributed by atoms with Crippen LogP contribution in [0.5, 0.6) is 0 Å². The van der Waals surface area contributed by atoms with Gasteiger partial charge in [0, 0.05) is 40.3 Å². The molecule has 2 aromatic heterocycles. The van der Waals surface area contributed by atoms with Crippen LogP contribution < -0.4 is 10.2 Å². The molecule has 0 bridgehead atoms. The highest BCUT2D eigenvalue weighted by Gasteiger charge is 2.22. The number of ether oxygens (including phenoxy) is 1. The molecule has 2 aromatic rings. The van der Waals surface area contributed by atoms with E-state index in [0.29, 0.717) is 30.0 Å². The monoisotopic (exact) mass is 353 g/mol. The predicted molar refractivity (Wildman–Crippen MR) is 89.1 cm³/mol. The number of hydrogen-bond acceptors (Lipinski definition) is 9. The number of piperazine rings is 1. The number of aromatic nitrogens is 4. The Bertz CT molecular complexity index is 673. The zero-order valence-electron chi connectivity index (χ0n) is 13.7. The molecule has 1 N–H and O–H groups in total. The molecule has 0 saturated carbocycles. The van der Waals surface area contributed by atoms with E-state index in [9.17, 15) is 0 Å². The number of rotatable bonds is 6. The third kappa shape index (κ3) is 3.74. The van der Waals surface area contributed by atoms with Crippen LogP contribution in [0.4, 0.5) is 11.5 Å². The van der Waals surface area contributed by atoms with E-state index >= 15 is 0 Å². The number of methoxy groups -OCH3 is 1. The number of nitrogens with one attached hydrogen (secondary N) is 1. The van der Waals surface area contributed by atoms with Crippen molar-refractivity contribution in [2.24, 2.45) is 0 Å². The van der Waals surface area contributed by atoms with Crippen molar-refractivity contribution in [2.45, 2.75) is 13.2 Å². The largest absolute Gasteiger partial charge is 0.383 e. The lowest BCUT2D eigenvalue weighted by Crippen LogP contribution is -2.46. The van der Waals surface area contributed by atoms with Gasteiger partial charge in [0.25, 0.3) is 0 Å². The van der Waals surface area contributed by atoms with Gasteiger partial charge in [-0.05, 0) is 0 Å². The maximum absolute atomic E-state index is 6.12. The van der Waals surface area contributed by atoms with Crippen LogP contribution in [-0.4, -0.2) is 65.3 Å². The molecule has 1 aliphatic heterocycles. The van der Waals surface area contributed by atoms with Gasteiger partial charge in [0.05, 0.1) is 6.54 Å². The minimum Gasteiger partial charge on any atom is -0.383 e. The zero-order valence-corrected chi connectivity index (χ0v) is 14.5. The van der Waals surface area contributed by atoms with Crippen molar-refractivity contribution in [1.82, 2.24) is 25.0 Å². The summed E-state index contributed by atoms with van der Waals surface area (Å²) in [5, 5.41) is 7.38. The summed E-state index contributed by atoms with van der Waals surface area (Å²) in [6, 6.07) is 0. The molecule has 1 fully saturated rings. The molecule has 130 valence electrons. The van der Waals surface area contributed by atoms with Crippen molar-refractivity contribution in [1.29, 1.82) is 0 Å². The van der Waals surface area contributed by atoms with Crippen molar-refractivity contribution in [2.75, 3.05) is 50.6 Å². The molecule has 0 atom stereocenters. The average Bonchev–Trinajstić information content (AvgIpc) is 3.03. The minimum atomic E-state index is 0.360. The summed E-state index contributed by atoms with van der Waals surface area (Å²) in [6.07, 6.45) is 1.49. The Morgan fingerprint density at radius 1 is 1.29 bits per heavy atom. The normalized spacial score (nSPS) is 15.7. The molecule has 9 nitrogen and oxygen atoms in total. The van der Waals surface area contributed by atoms with Crippen LogP contribution in [0.3, 0.4) is 0 Å². The van der Waals surface area contributed by atoms with Crippen molar-refractivity contribution >= 4 is 23.1 Å². The lowest BCUT2D eigenvalue weighted by atomic mass is 10.3. The van der Waals surface area contributed by atoms with Crippen LogP contribution >= 0.6 is 11.6 Å². The van der Waals surface area contributed by atoms with Gasteiger partial charge in [-0.1, -0.05) is 16.8 Å². The van der Waals surface area contributed by atoms with Gasteiger partial charge in [-0.3, -0.25) is 4.90 Å². The smallest absolute Gasteiger partial charge is 0.240 e. The second kappa shape index (κ2) is 7.73. The summed E-state index contributed by atoms with van der Waals surface area (Å²) in [7, 11) is 3.42. The molecule has 24 heavy (non-hydrogen) atoms. The summed E-state index contributed by atoms with van der Waals surface area (Å²) in [4.78, 5) is 17.1. The molecule has 0 aliphatic carbocycles. The summed E-state index contributed by atoms with van der Waals surface area (Å²) in [5.41, 5.74) is 0.758. The Hall–Kier alpha value is -1.97. The lowest BCUT2D eigenvalue weighted by molar-refractivity contribution is 0.174. The SMILES string of the molecule is CNc1c(Cl)ncnc1N1CCN(Cc2nc(COC)no2)CC1. The van der Waals surface area contributed by atoms with Crippen LogP contribution in [0.1, 0.15) is 11.7 Å². The molecule has 0 amide bonds. The first-order valence-electron chi connectivity index (χ1n) is 7.67. The van der Waals surface area contributed by atoms with E-state index in [-0.39, 0.29) is 0 Å². The summed E-state index contributed by atoms with van der Waals surface area (Å²) in [5.74, 6) is 2.01. The zero-order chi connectivity index (χ0) is 16.9. The van der Waals surface area contributed by atoms with Gasteiger partial charge in [0.1, 0.15) is 18.6 Å². The predicted octanol–water partition coefficient (Wildman–Crippen LogP) is 1.02. The standard InChI is InChI=1S/C14H20ClN7O2/c1-16-12-13(15)17-9-18-14(12)22-5-3-21(4-6-22)7-11-19-10(8-23-2)20-24-11/h9,16H,3-8H2,1-2H3. The molecular formula is C14H20ClN7O2. The summed E-state index contributed by atoms with van der Waals surface area (Å²) in [6.45, 7) is 4.40. The minimum absolute atomic E-state index is 0.360. The first-order chi connectivity index (χ1) is 11.7. The van der Waals surface area contributed by atoms with Gasteiger partial charge in [0.2, 0.25) is 5.89 Å². The van der Waals surface area contributed by atoms with E-state index in [0.717, 1.165) is 37.7 Å². The maximum Gasteiger partial charge on any atom is 0.240 e. The highest BCUT2D eigenvalue weighted by Crippen LogP contribution is 2.29. The number of anilines is 2. The van der Waals surface area contributed by atoms with E-state index in [4.69, 9.17) is 20.9 Å². The lowest BCUT2D eigenvalue weighted by Gasteiger charge is -2.35. The average molecular weight is 354 g/mol. The van der Waals surface area contributed by atoms with Crippen molar-refractivity contribution in [3.8, 4) is 0 Å². The summed E-state index contributed by atoms with van der Waals surface area (Å²) >= 11 is 6.12. The quantitative estimate of drug-likeness (QED) is 0.764. The first-order valence-corrected chi connectivity index (χ1v) is 8.05. The Labute approximate surface area is 145 Å². The van der Waals surface area contributed by atoms with Crippen LogP contribution in [0.15, 0.2) is 10.9 Å². The molecule has 3 rings (SSSR count). The molecular weight excluding hydrogens is 334 g/mol. The molecule has 10 heteroatoms. The van der Waals surface area contributed by atoms with E-state index < -0.39 is 0 Å². The van der Waals surface area contributed by atoms with Gasteiger partial charge in [-0.15, -0.1) is 0 Å². The van der Waals surface area contributed by atoms with Crippen molar-refractivity contribution in [3.63, 3.8) is 0 Å². The molecule has 0 spiro atoms. The van der Waals surface area contributed by atoms with E-state index in [2.05, 4.69) is 35.2 Å². The second-order valence-electron chi connectivity index (χ2n) is 5.41. The van der Waals surface area contributed by atoms with Crippen LogP contribution in [0.2, 0.25) is 5.15 Å². The Morgan fingerprint density at radius 2 is 2.08 bits per heavy atom. The Balaban J connectivity index is 1.58. The highest BCUT2D eigenvalue weighted by molar-refractivity contribution is 6.32. The second-order valence-corrected chi connectivity index (χ2v) is 5.77. The fraction of sp³-hybridized carbons (Fsp3) is 0.571. The van der Waals surface area contributed by atoms with Crippen LogP contribution in [0.25, 0.3) is 0 Å². The first kappa shape index (κ1) is 16.9. The molecule has 1 saturated heterocycles. The summed E-state index contributed by atoms with van der Waals surface area (Å²) < 4.78 is 10.2. The molecule has 0 unspecified atom stereocenters. The van der Waals surface area contributed by atoms with Crippen molar-refractivity contribution < 1.29 is 9.26 Å². The maximum atomic E-state index is 6.12. The fourth-order valence-electron chi connectivity index (χ4n) is 2.66. The van der Waals surface area contributed by atoms with E-state index in [1.807, 2.05) is 7.05 Å². The van der Waals surface area contributed by atoms with Crippen LogP contribution in [0, 0.1) is 0 Å². The topological polar surface area (TPSA) is 92.4 Å². The van der Waals surface area contributed by atoms with Gasteiger partial charge in [-0.2, -0.15) is 4.98 Å². The number of halogens is 1. The molecule has 0 aromatic carbocycles. The number of hydrogen-bond donors (Lipinski definition) is 1. The van der Waals surface area contributed by atoms with E-state index in [1.165, 1.54) is 6.33 Å². The molecule has 3 heterocycles. The van der Waals surface area contributed by atoms with Gasteiger partial charge in [-0.25, -0.2) is 9.97 Å². The Kier molecular flexibility index (Phi) is 5.44. The van der Waals surface area contributed by atoms with Crippen molar-refractivity contribution in [3.05, 3.63) is 23.2 Å². The number of nitrogens with zero attached hydrogens (tertiary/aromatic N) is 6.